The molecule has 0 aliphatic heterocycles. The fourth-order valence-corrected chi connectivity index (χ4v) is 2.46. The van der Waals surface area contributed by atoms with Crippen molar-refractivity contribution in [3.05, 3.63) is 42.2 Å². The lowest BCUT2D eigenvalue weighted by molar-refractivity contribution is 0.529. The molecular weight excluding hydrogens is 263 g/mol. The van der Waals surface area contributed by atoms with E-state index in [2.05, 4.69) is 4.98 Å². The molecule has 2 rings (SSSR count). The molecule has 2 N–H and O–H groups in total. The molecule has 1 heterocycles. The number of thioether (sulfide) groups is 1. The minimum absolute atomic E-state index is 0.197. The highest BCUT2D eigenvalue weighted by molar-refractivity contribution is 7.98. The number of hydrogen-bond donors (Lipinski definition) is 1. The number of halogens is 1. The second kappa shape index (κ2) is 5.75. The monoisotopic (exact) mass is 280 g/mol. The Morgan fingerprint density at radius 2 is 2.00 bits per heavy atom. The maximum absolute atomic E-state index is 12.8. The van der Waals surface area contributed by atoms with Crippen LogP contribution in [0, 0.1) is 5.82 Å². The van der Waals surface area contributed by atoms with Crippen molar-refractivity contribution in [1.82, 2.24) is 4.98 Å². The zero-order valence-electron chi connectivity index (χ0n) is 11.0. The van der Waals surface area contributed by atoms with Crippen LogP contribution in [-0.4, -0.2) is 16.3 Å². The molecule has 102 valence electrons. The Labute approximate surface area is 116 Å². The van der Waals surface area contributed by atoms with Crippen molar-refractivity contribution >= 4 is 11.8 Å². The van der Waals surface area contributed by atoms with Crippen LogP contribution in [0.1, 0.15) is 19.7 Å². The third-order valence-electron chi connectivity index (χ3n) is 2.38. The van der Waals surface area contributed by atoms with Crippen molar-refractivity contribution in [2.45, 2.75) is 25.1 Å². The predicted octanol–water partition coefficient (Wildman–Crippen LogP) is 3.45. The van der Waals surface area contributed by atoms with Crippen molar-refractivity contribution in [1.29, 1.82) is 0 Å². The lowest BCUT2D eigenvalue weighted by Crippen LogP contribution is -2.34. The largest absolute Gasteiger partial charge is 0.440 e. The van der Waals surface area contributed by atoms with Crippen LogP contribution in [0.4, 0.5) is 4.39 Å². The second-order valence-corrected chi connectivity index (χ2v) is 6.09. The molecule has 0 spiro atoms. The van der Waals surface area contributed by atoms with Crippen LogP contribution in [0.5, 0.6) is 0 Å². The summed E-state index contributed by atoms with van der Waals surface area (Å²) in [5, 5.41) is 0. The fraction of sp³-hybridized carbons (Fsp3) is 0.357. The Morgan fingerprint density at radius 3 is 2.63 bits per heavy atom. The molecule has 0 atom stereocenters. The zero-order valence-corrected chi connectivity index (χ0v) is 11.8. The van der Waals surface area contributed by atoms with E-state index in [0.29, 0.717) is 17.4 Å². The molecule has 0 unspecified atom stereocenters. The van der Waals surface area contributed by atoms with E-state index in [1.807, 2.05) is 13.8 Å². The molecule has 0 amide bonds. The second-order valence-electron chi connectivity index (χ2n) is 5.11. The Kier molecular flexibility index (Phi) is 4.27. The minimum atomic E-state index is -0.260. The average molecular weight is 280 g/mol. The minimum Gasteiger partial charge on any atom is -0.440 e. The summed E-state index contributed by atoms with van der Waals surface area (Å²) >= 11 is 1.68. The highest BCUT2D eigenvalue weighted by atomic mass is 32.2. The molecule has 0 saturated carbocycles. The molecule has 19 heavy (non-hydrogen) atoms. The van der Waals surface area contributed by atoms with E-state index in [1.165, 1.54) is 12.1 Å². The maximum Gasteiger partial charge on any atom is 0.204 e. The topological polar surface area (TPSA) is 52.0 Å². The van der Waals surface area contributed by atoms with E-state index in [4.69, 9.17) is 10.2 Å². The molecule has 2 aromatic rings. The van der Waals surface area contributed by atoms with Crippen LogP contribution in [0.15, 0.2) is 34.9 Å². The number of benzene rings is 1. The maximum atomic E-state index is 12.8. The first-order valence-electron chi connectivity index (χ1n) is 6.01. The molecule has 1 aromatic carbocycles. The molecule has 1 aromatic heterocycles. The summed E-state index contributed by atoms with van der Waals surface area (Å²) in [6, 6.07) is 6.16. The van der Waals surface area contributed by atoms with Crippen LogP contribution in [0.3, 0.4) is 0 Å². The first kappa shape index (κ1) is 14.1. The molecule has 5 heteroatoms. The van der Waals surface area contributed by atoms with Gasteiger partial charge in [-0.1, -0.05) is 0 Å². The molecular formula is C14H17FN2OS. The van der Waals surface area contributed by atoms with Crippen LogP contribution in [-0.2, 0) is 5.75 Å². The number of aromatic nitrogens is 1. The lowest BCUT2D eigenvalue weighted by Gasteiger charge is -2.16. The van der Waals surface area contributed by atoms with Crippen LogP contribution >= 0.6 is 11.8 Å². The van der Waals surface area contributed by atoms with Gasteiger partial charge < -0.3 is 10.2 Å². The van der Waals surface area contributed by atoms with Gasteiger partial charge in [0.2, 0.25) is 5.89 Å². The van der Waals surface area contributed by atoms with E-state index in [-0.39, 0.29) is 11.4 Å². The van der Waals surface area contributed by atoms with E-state index in [0.717, 1.165) is 11.3 Å². The first-order chi connectivity index (χ1) is 8.94. The van der Waals surface area contributed by atoms with Gasteiger partial charge in [-0.25, -0.2) is 9.37 Å². The molecule has 0 bridgehead atoms. The summed E-state index contributed by atoms with van der Waals surface area (Å²) in [6.07, 6.45) is 1.66. The normalized spacial score (nSPS) is 11.8. The number of hydrogen-bond acceptors (Lipinski definition) is 4. The number of rotatable bonds is 5. The smallest absolute Gasteiger partial charge is 0.204 e. The Bertz CT molecular complexity index is 531. The quantitative estimate of drug-likeness (QED) is 0.911. The number of nitrogens with two attached hydrogens (primary N) is 1. The first-order valence-corrected chi connectivity index (χ1v) is 7.17. The molecule has 3 nitrogen and oxygen atoms in total. The molecule has 0 radical (unpaired) electrons. The van der Waals surface area contributed by atoms with Gasteiger partial charge in [0.15, 0.2) is 5.76 Å². The Morgan fingerprint density at radius 1 is 1.32 bits per heavy atom. The lowest BCUT2D eigenvalue weighted by atomic mass is 10.1. The Hall–Kier alpha value is -1.33. The summed E-state index contributed by atoms with van der Waals surface area (Å²) in [5.74, 6) is 2.57. The summed E-state index contributed by atoms with van der Waals surface area (Å²) in [5.41, 5.74) is 6.53. The van der Waals surface area contributed by atoms with E-state index in [9.17, 15) is 4.39 Å². The van der Waals surface area contributed by atoms with Crippen LogP contribution in [0.2, 0.25) is 0 Å². The van der Waals surface area contributed by atoms with Crippen molar-refractivity contribution in [3.63, 3.8) is 0 Å². The van der Waals surface area contributed by atoms with Gasteiger partial charge in [-0.15, -0.1) is 0 Å². The average Bonchev–Trinajstić information content (AvgIpc) is 2.77. The van der Waals surface area contributed by atoms with Gasteiger partial charge in [-0.2, -0.15) is 11.8 Å². The molecule has 0 saturated heterocycles. The van der Waals surface area contributed by atoms with Gasteiger partial charge in [-0.3, -0.25) is 0 Å². The molecule has 0 fully saturated rings. The van der Waals surface area contributed by atoms with Gasteiger partial charge >= 0.3 is 0 Å². The third-order valence-corrected chi connectivity index (χ3v) is 3.78. The molecule has 0 aliphatic carbocycles. The van der Waals surface area contributed by atoms with Crippen LogP contribution in [0.25, 0.3) is 11.3 Å². The third kappa shape index (κ3) is 4.36. The van der Waals surface area contributed by atoms with Gasteiger partial charge in [0.1, 0.15) is 5.82 Å². The van der Waals surface area contributed by atoms with E-state index < -0.39 is 0 Å². The van der Waals surface area contributed by atoms with Gasteiger partial charge in [0.25, 0.3) is 0 Å². The van der Waals surface area contributed by atoms with Crippen molar-refractivity contribution in [3.8, 4) is 11.3 Å². The predicted molar refractivity (Wildman–Crippen MR) is 76.3 cm³/mol. The van der Waals surface area contributed by atoms with Crippen molar-refractivity contribution < 1.29 is 8.81 Å². The van der Waals surface area contributed by atoms with Gasteiger partial charge in [0.05, 0.1) is 11.9 Å². The van der Waals surface area contributed by atoms with Gasteiger partial charge in [0, 0.05) is 16.9 Å². The van der Waals surface area contributed by atoms with E-state index in [1.54, 1.807) is 30.1 Å². The van der Waals surface area contributed by atoms with Crippen LogP contribution < -0.4 is 5.73 Å². The zero-order chi connectivity index (χ0) is 13.9. The number of nitrogens with zero attached hydrogens (tertiary/aromatic N) is 1. The summed E-state index contributed by atoms with van der Waals surface area (Å²) < 4.78 is 18.5. The van der Waals surface area contributed by atoms with Crippen molar-refractivity contribution in [2.24, 2.45) is 5.73 Å². The summed E-state index contributed by atoms with van der Waals surface area (Å²) in [6.45, 7) is 3.97. The fourth-order valence-electron chi connectivity index (χ4n) is 1.53. The van der Waals surface area contributed by atoms with E-state index >= 15 is 0 Å². The van der Waals surface area contributed by atoms with Crippen molar-refractivity contribution in [2.75, 3.05) is 5.75 Å². The number of oxazole rings is 1. The standard InChI is InChI=1S/C14H17FN2OS/c1-14(2,16)9-19-8-13-17-7-12(18-13)10-3-5-11(15)6-4-10/h3-7H,8-9,16H2,1-2H3. The molecule has 0 aliphatic rings. The Balaban J connectivity index is 1.97. The summed E-state index contributed by atoms with van der Waals surface area (Å²) in [4.78, 5) is 4.21. The summed E-state index contributed by atoms with van der Waals surface area (Å²) in [7, 11) is 0. The highest BCUT2D eigenvalue weighted by Gasteiger charge is 2.12. The SMILES string of the molecule is CC(C)(N)CSCc1ncc(-c2ccc(F)cc2)o1. The highest BCUT2D eigenvalue weighted by Crippen LogP contribution is 2.23. The van der Waals surface area contributed by atoms with Gasteiger partial charge in [-0.05, 0) is 38.1 Å².